The SMILES string of the molecule is CCC(=O)c1cc(C=CCC#N)ccc1O. The summed E-state index contributed by atoms with van der Waals surface area (Å²) in [5.74, 6) is -0.0858. The first-order valence-electron chi connectivity index (χ1n) is 5.08. The molecule has 0 saturated carbocycles. The van der Waals surface area contributed by atoms with Crippen LogP contribution in [0.25, 0.3) is 6.08 Å². The molecule has 1 aromatic rings. The Labute approximate surface area is 94.6 Å². The summed E-state index contributed by atoms with van der Waals surface area (Å²) in [7, 11) is 0. The Kier molecular flexibility index (Phi) is 4.28. The molecule has 1 N–H and O–H groups in total. The molecule has 0 amide bonds. The monoisotopic (exact) mass is 215 g/mol. The lowest BCUT2D eigenvalue weighted by molar-refractivity contribution is 0.0985. The number of phenols is 1. The van der Waals surface area contributed by atoms with Crippen molar-refractivity contribution in [2.45, 2.75) is 19.8 Å². The maximum Gasteiger partial charge on any atom is 0.166 e. The number of phenolic OH excluding ortho intramolecular Hbond substituents is 1. The van der Waals surface area contributed by atoms with Gasteiger partial charge < -0.3 is 5.11 Å². The summed E-state index contributed by atoms with van der Waals surface area (Å²) in [6.07, 6.45) is 4.17. The van der Waals surface area contributed by atoms with Crippen LogP contribution in [0, 0.1) is 11.3 Å². The van der Waals surface area contributed by atoms with Crippen molar-refractivity contribution in [2.75, 3.05) is 0 Å². The normalized spacial score (nSPS) is 10.2. The summed E-state index contributed by atoms with van der Waals surface area (Å²) in [6, 6.07) is 6.83. The van der Waals surface area contributed by atoms with Crippen LogP contribution in [-0.2, 0) is 0 Å². The molecule has 0 fully saturated rings. The molecule has 0 aromatic heterocycles. The number of rotatable bonds is 4. The minimum Gasteiger partial charge on any atom is -0.507 e. The van der Waals surface area contributed by atoms with Gasteiger partial charge in [-0.25, -0.2) is 0 Å². The van der Waals surface area contributed by atoms with Crippen molar-refractivity contribution in [2.24, 2.45) is 0 Å². The quantitative estimate of drug-likeness (QED) is 0.785. The predicted octanol–water partition coefficient (Wildman–Crippen LogP) is 2.91. The van der Waals surface area contributed by atoms with E-state index in [1.54, 1.807) is 31.2 Å². The molecule has 0 spiro atoms. The average Bonchev–Trinajstić information content (AvgIpc) is 2.30. The van der Waals surface area contributed by atoms with Crippen molar-refractivity contribution < 1.29 is 9.90 Å². The first-order chi connectivity index (χ1) is 7.69. The van der Waals surface area contributed by atoms with Crippen LogP contribution in [0.5, 0.6) is 5.75 Å². The molecule has 82 valence electrons. The van der Waals surface area contributed by atoms with Gasteiger partial charge in [0, 0.05) is 6.42 Å². The summed E-state index contributed by atoms with van der Waals surface area (Å²) in [5, 5.41) is 17.9. The third kappa shape index (κ3) is 2.96. The Balaban J connectivity index is 2.99. The Morgan fingerprint density at radius 2 is 2.31 bits per heavy atom. The van der Waals surface area contributed by atoms with E-state index < -0.39 is 0 Å². The van der Waals surface area contributed by atoms with Crippen molar-refractivity contribution in [3.63, 3.8) is 0 Å². The molecule has 3 nitrogen and oxygen atoms in total. The molecule has 0 atom stereocenters. The molecule has 0 saturated heterocycles. The van der Waals surface area contributed by atoms with E-state index >= 15 is 0 Å². The molecule has 1 aromatic carbocycles. The minimum atomic E-state index is -0.0898. The molecule has 0 aliphatic rings. The van der Waals surface area contributed by atoms with Crippen LogP contribution >= 0.6 is 0 Å². The summed E-state index contributed by atoms with van der Waals surface area (Å²) in [4.78, 5) is 11.5. The molecule has 3 heteroatoms. The lowest BCUT2D eigenvalue weighted by Gasteiger charge is -2.03. The third-order valence-electron chi connectivity index (χ3n) is 2.16. The first-order valence-corrected chi connectivity index (χ1v) is 5.08. The van der Waals surface area contributed by atoms with Gasteiger partial charge in [-0.2, -0.15) is 5.26 Å². The van der Waals surface area contributed by atoms with Gasteiger partial charge in [-0.1, -0.05) is 25.1 Å². The lowest BCUT2D eigenvalue weighted by Crippen LogP contribution is -1.97. The third-order valence-corrected chi connectivity index (χ3v) is 2.16. The lowest BCUT2D eigenvalue weighted by atomic mass is 10.0. The number of nitrogens with zero attached hydrogens (tertiary/aromatic N) is 1. The van der Waals surface area contributed by atoms with Crippen molar-refractivity contribution in [1.29, 1.82) is 5.26 Å². The molecular formula is C13H13NO2. The van der Waals surface area contributed by atoms with E-state index in [0.717, 1.165) is 5.56 Å². The second kappa shape index (κ2) is 5.72. The zero-order valence-electron chi connectivity index (χ0n) is 9.10. The highest BCUT2D eigenvalue weighted by molar-refractivity contribution is 5.98. The molecule has 0 aliphatic carbocycles. The van der Waals surface area contributed by atoms with Crippen LogP contribution < -0.4 is 0 Å². The number of allylic oxidation sites excluding steroid dienone is 1. The fourth-order valence-electron chi connectivity index (χ4n) is 1.32. The van der Waals surface area contributed by atoms with Gasteiger partial charge in [-0.3, -0.25) is 4.79 Å². The topological polar surface area (TPSA) is 61.1 Å². The van der Waals surface area contributed by atoms with Gasteiger partial charge in [0.25, 0.3) is 0 Å². The number of carbonyl (C=O) groups excluding carboxylic acids is 1. The summed E-state index contributed by atoms with van der Waals surface area (Å²) < 4.78 is 0. The van der Waals surface area contributed by atoms with Crippen LogP contribution in [0.2, 0.25) is 0 Å². The van der Waals surface area contributed by atoms with Gasteiger partial charge in [0.1, 0.15) is 5.75 Å². The summed E-state index contributed by atoms with van der Waals surface area (Å²) in [5.41, 5.74) is 1.14. The highest BCUT2D eigenvalue weighted by Crippen LogP contribution is 2.20. The van der Waals surface area contributed by atoms with Gasteiger partial charge in [-0.05, 0) is 17.7 Å². The number of aromatic hydroxyl groups is 1. The van der Waals surface area contributed by atoms with Crippen LogP contribution in [0.3, 0.4) is 0 Å². The molecule has 0 heterocycles. The van der Waals surface area contributed by atoms with E-state index in [0.29, 0.717) is 18.4 Å². The number of benzene rings is 1. The molecule has 0 radical (unpaired) electrons. The molecular weight excluding hydrogens is 202 g/mol. The number of carbonyl (C=O) groups is 1. The summed E-state index contributed by atoms with van der Waals surface area (Å²) >= 11 is 0. The Morgan fingerprint density at radius 3 is 2.94 bits per heavy atom. The van der Waals surface area contributed by atoms with Gasteiger partial charge in [0.2, 0.25) is 0 Å². The van der Waals surface area contributed by atoms with Gasteiger partial charge in [-0.15, -0.1) is 0 Å². The van der Waals surface area contributed by atoms with E-state index in [1.807, 2.05) is 6.07 Å². The number of nitriles is 1. The van der Waals surface area contributed by atoms with Crippen molar-refractivity contribution >= 4 is 11.9 Å². The van der Waals surface area contributed by atoms with E-state index in [-0.39, 0.29) is 11.5 Å². The standard InChI is InChI=1S/C13H13NO2/c1-2-12(15)11-9-10(5-3-4-8-14)6-7-13(11)16/h3,5-7,9,16H,2,4H2,1H3. The van der Waals surface area contributed by atoms with Gasteiger partial charge in [0.15, 0.2) is 5.78 Å². The minimum absolute atomic E-state index is 0.00397. The molecule has 16 heavy (non-hydrogen) atoms. The second-order valence-corrected chi connectivity index (χ2v) is 3.32. The molecule has 1 rings (SSSR count). The first kappa shape index (κ1) is 12.0. The number of Topliss-reactive ketones (excluding diaryl/α,β-unsaturated/α-hetero) is 1. The van der Waals surface area contributed by atoms with Crippen molar-refractivity contribution in [3.05, 3.63) is 35.4 Å². The second-order valence-electron chi connectivity index (χ2n) is 3.32. The summed E-state index contributed by atoms with van der Waals surface area (Å²) in [6.45, 7) is 1.75. The van der Waals surface area contributed by atoms with Crippen LogP contribution in [0.1, 0.15) is 35.7 Å². The van der Waals surface area contributed by atoms with E-state index in [1.165, 1.54) is 6.07 Å². The van der Waals surface area contributed by atoms with Crippen molar-refractivity contribution in [1.82, 2.24) is 0 Å². The Hall–Kier alpha value is -2.08. The zero-order valence-corrected chi connectivity index (χ0v) is 9.10. The maximum atomic E-state index is 11.5. The number of hydrogen-bond donors (Lipinski definition) is 1. The highest BCUT2D eigenvalue weighted by atomic mass is 16.3. The number of ketones is 1. The van der Waals surface area contributed by atoms with E-state index in [9.17, 15) is 9.90 Å². The van der Waals surface area contributed by atoms with Crippen molar-refractivity contribution in [3.8, 4) is 11.8 Å². The van der Waals surface area contributed by atoms with E-state index in [2.05, 4.69) is 0 Å². The van der Waals surface area contributed by atoms with Gasteiger partial charge >= 0.3 is 0 Å². The fourth-order valence-corrected chi connectivity index (χ4v) is 1.32. The zero-order chi connectivity index (χ0) is 12.0. The largest absolute Gasteiger partial charge is 0.507 e. The molecule has 0 unspecified atom stereocenters. The van der Waals surface area contributed by atoms with E-state index in [4.69, 9.17) is 5.26 Å². The predicted molar refractivity (Wildman–Crippen MR) is 62.0 cm³/mol. The van der Waals surface area contributed by atoms with Crippen LogP contribution in [0.15, 0.2) is 24.3 Å². The van der Waals surface area contributed by atoms with Crippen LogP contribution in [0.4, 0.5) is 0 Å². The Bertz CT molecular complexity index is 455. The van der Waals surface area contributed by atoms with Crippen LogP contribution in [-0.4, -0.2) is 10.9 Å². The fraction of sp³-hybridized carbons (Fsp3) is 0.231. The van der Waals surface area contributed by atoms with Gasteiger partial charge in [0.05, 0.1) is 18.1 Å². The maximum absolute atomic E-state index is 11.5. The molecule has 0 aliphatic heterocycles. The highest BCUT2D eigenvalue weighted by Gasteiger charge is 2.08. The Morgan fingerprint density at radius 1 is 1.56 bits per heavy atom. The number of hydrogen-bond acceptors (Lipinski definition) is 3. The molecule has 0 bridgehead atoms. The smallest absolute Gasteiger partial charge is 0.166 e. The average molecular weight is 215 g/mol.